The Morgan fingerprint density at radius 3 is 2.56 bits per heavy atom. The highest BCUT2D eigenvalue weighted by molar-refractivity contribution is 5.73. The van der Waals surface area contributed by atoms with Gasteiger partial charge in [-0.1, -0.05) is 18.2 Å². The lowest BCUT2D eigenvalue weighted by Gasteiger charge is -2.19. The maximum absolute atomic E-state index is 10.9. The van der Waals surface area contributed by atoms with E-state index in [9.17, 15) is 4.79 Å². The summed E-state index contributed by atoms with van der Waals surface area (Å²) in [6.45, 7) is 5.80. The summed E-state index contributed by atoms with van der Waals surface area (Å²) in [5.74, 6) is 0.0320. The number of benzene rings is 1. The molecule has 0 aliphatic carbocycles. The molecule has 1 N–H and O–H groups in total. The van der Waals surface area contributed by atoms with E-state index >= 15 is 0 Å². The molecule has 0 saturated heterocycles. The number of aryl methyl sites for hydroxylation is 1. The number of carboxylic acid groups (broad SMARTS) is 1. The molecule has 0 radical (unpaired) electrons. The Hall–Kier alpha value is -1.51. The molecule has 0 aliphatic heterocycles. The Balaban J connectivity index is 2.48. The number of rotatable bonds is 5. The highest BCUT2D eigenvalue weighted by Gasteiger charge is 2.26. The van der Waals surface area contributed by atoms with Gasteiger partial charge in [-0.05, 0) is 38.8 Å². The van der Waals surface area contributed by atoms with Gasteiger partial charge in [0.25, 0.3) is 0 Å². The molecule has 0 atom stereocenters. The molecule has 0 saturated carbocycles. The minimum Gasteiger partial charge on any atom is -0.493 e. The Morgan fingerprint density at radius 1 is 1.38 bits per heavy atom. The van der Waals surface area contributed by atoms with Crippen molar-refractivity contribution in [2.24, 2.45) is 5.41 Å². The molecule has 0 unspecified atom stereocenters. The lowest BCUT2D eigenvalue weighted by molar-refractivity contribution is -0.147. The molecule has 1 aromatic rings. The lowest BCUT2D eigenvalue weighted by atomic mass is 9.90. The van der Waals surface area contributed by atoms with Crippen LogP contribution in [0.3, 0.4) is 0 Å². The van der Waals surface area contributed by atoms with Gasteiger partial charge in [-0.15, -0.1) is 0 Å². The number of hydrogen-bond donors (Lipinski definition) is 1. The third-order valence-electron chi connectivity index (χ3n) is 2.66. The topological polar surface area (TPSA) is 46.5 Å². The molecule has 0 aliphatic rings. The summed E-state index contributed by atoms with van der Waals surface area (Å²) >= 11 is 0. The number of para-hydroxylation sites is 1. The molecule has 0 fully saturated rings. The van der Waals surface area contributed by atoms with Gasteiger partial charge in [0.05, 0.1) is 12.0 Å². The van der Waals surface area contributed by atoms with Gasteiger partial charge in [0.1, 0.15) is 5.75 Å². The summed E-state index contributed by atoms with van der Waals surface area (Å²) in [7, 11) is 0. The van der Waals surface area contributed by atoms with Crippen LogP contribution >= 0.6 is 0 Å². The van der Waals surface area contributed by atoms with Gasteiger partial charge in [0.2, 0.25) is 0 Å². The van der Waals surface area contributed by atoms with Gasteiger partial charge in [0.15, 0.2) is 0 Å². The van der Waals surface area contributed by atoms with E-state index in [-0.39, 0.29) is 0 Å². The van der Waals surface area contributed by atoms with Gasteiger partial charge < -0.3 is 9.84 Å². The average Bonchev–Trinajstić information content (AvgIpc) is 2.20. The quantitative estimate of drug-likeness (QED) is 0.833. The molecule has 1 aromatic carbocycles. The summed E-state index contributed by atoms with van der Waals surface area (Å²) in [5.41, 5.74) is 0.332. The van der Waals surface area contributed by atoms with E-state index in [1.165, 1.54) is 0 Å². The second-order valence-electron chi connectivity index (χ2n) is 4.55. The number of aliphatic carboxylic acids is 1. The average molecular weight is 222 g/mol. The van der Waals surface area contributed by atoms with Crippen LogP contribution in [0.5, 0.6) is 5.75 Å². The minimum absolute atomic E-state index is 0.421. The van der Waals surface area contributed by atoms with Crippen molar-refractivity contribution in [1.29, 1.82) is 0 Å². The molecule has 1 rings (SSSR count). The zero-order chi connectivity index (χ0) is 12.2. The van der Waals surface area contributed by atoms with Gasteiger partial charge >= 0.3 is 5.97 Å². The van der Waals surface area contributed by atoms with E-state index in [0.29, 0.717) is 13.0 Å². The summed E-state index contributed by atoms with van der Waals surface area (Å²) in [4.78, 5) is 10.9. The standard InChI is InChI=1S/C13H18O3/c1-10-6-4-5-7-11(10)16-9-8-13(2,3)12(14)15/h4-7H,8-9H2,1-3H3,(H,14,15). The summed E-state index contributed by atoms with van der Waals surface area (Å²) in [6, 6.07) is 7.72. The largest absolute Gasteiger partial charge is 0.493 e. The lowest BCUT2D eigenvalue weighted by Crippen LogP contribution is -2.25. The predicted octanol–water partition coefficient (Wildman–Crippen LogP) is 2.87. The van der Waals surface area contributed by atoms with Crippen molar-refractivity contribution < 1.29 is 14.6 Å². The molecule has 0 heterocycles. The molecular weight excluding hydrogens is 204 g/mol. The van der Waals surface area contributed by atoms with Crippen molar-refractivity contribution >= 4 is 5.97 Å². The zero-order valence-corrected chi connectivity index (χ0v) is 9.99. The summed E-state index contributed by atoms with van der Waals surface area (Å²) < 4.78 is 5.56. The number of carboxylic acids is 1. The number of ether oxygens (including phenoxy) is 1. The zero-order valence-electron chi connectivity index (χ0n) is 9.99. The van der Waals surface area contributed by atoms with Gasteiger partial charge in [-0.2, -0.15) is 0 Å². The Labute approximate surface area is 96.1 Å². The molecule has 0 spiro atoms. The van der Waals surface area contributed by atoms with E-state index in [4.69, 9.17) is 9.84 Å². The Bertz CT molecular complexity index is 369. The number of carbonyl (C=O) groups is 1. The van der Waals surface area contributed by atoms with Crippen molar-refractivity contribution in [1.82, 2.24) is 0 Å². The van der Waals surface area contributed by atoms with Gasteiger partial charge in [-0.25, -0.2) is 0 Å². The number of hydrogen-bond acceptors (Lipinski definition) is 2. The molecule has 0 amide bonds. The van der Waals surface area contributed by atoms with E-state index in [1.807, 2.05) is 31.2 Å². The summed E-state index contributed by atoms with van der Waals surface area (Å²) in [5, 5.41) is 8.94. The van der Waals surface area contributed by atoms with Crippen molar-refractivity contribution in [3.8, 4) is 5.75 Å². The minimum atomic E-state index is -0.791. The van der Waals surface area contributed by atoms with Crippen LogP contribution in [0.25, 0.3) is 0 Å². The normalized spacial score (nSPS) is 11.2. The van der Waals surface area contributed by atoms with Crippen LogP contribution in [0.2, 0.25) is 0 Å². The van der Waals surface area contributed by atoms with Crippen molar-refractivity contribution in [2.45, 2.75) is 27.2 Å². The van der Waals surface area contributed by atoms with E-state index in [0.717, 1.165) is 11.3 Å². The molecular formula is C13H18O3. The van der Waals surface area contributed by atoms with Gasteiger partial charge in [0, 0.05) is 0 Å². The fourth-order valence-electron chi connectivity index (χ4n) is 1.24. The van der Waals surface area contributed by atoms with Gasteiger partial charge in [-0.3, -0.25) is 4.79 Å². The first kappa shape index (κ1) is 12.6. The first-order valence-electron chi connectivity index (χ1n) is 5.35. The van der Waals surface area contributed by atoms with E-state index in [1.54, 1.807) is 13.8 Å². The van der Waals surface area contributed by atoms with Crippen LogP contribution in [-0.2, 0) is 4.79 Å². The van der Waals surface area contributed by atoms with Crippen LogP contribution in [0, 0.1) is 12.3 Å². The second kappa shape index (κ2) is 5.01. The molecule has 3 heteroatoms. The maximum atomic E-state index is 10.9. The molecule has 0 bridgehead atoms. The van der Waals surface area contributed by atoms with Crippen LogP contribution in [-0.4, -0.2) is 17.7 Å². The third-order valence-corrected chi connectivity index (χ3v) is 2.66. The van der Waals surface area contributed by atoms with Crippen LogP contribution in [0.4, 0.5) is 0 Å². The van der Waals surface area contributed by atoms with Crippen LogP contribution < -0.4 is 4.74 Å². The first-order chi connectivity index (χ1) is 7.43. The van der Waals surface area contributed by atoms with Crippen LogP contribution in [0.1, 0.15) is 25.8 Å². The molecule has 0 aromatic heterocycles. The molecule has 88 valence electrons. The smallest absolute Gasteiger partial charge is 0.309 e. The monoisotopic (exact) mass is 222 g/mol. The molecule has 16 heavy (non-hydrogen) atoms. The van der Waals surface area contributed by atoms with Crippen molar-refractivity contribution in [3.05, 3.63) is 29.8 Å². The fraction of sp³-hybridized carbons (Fsp3) is 0.462. The van der Waals surface area contributed by atoms with Crippen LogP contribution in [0.15, 0.2) is 24.3 Å². The maximum Gasteiger partial charge on any atom is 0.309 e. The highest BCUT2D eigenvalue weighted by atomic mass is 16.5. The first-order valence-corrected chi connectivity index (χ1v) is 5.35. The van der Waals surface area contributed by atoms with Crippen molar-refractivity contribution in [2.75, 3.05) is 6.61 Å². The summed E-state index contributed by atoms with van der Waals surface area (Å²) in [6.07, 6.45) is 0.497. The third kappa shape index (κ3) is 3.26. The Kier molecular flexibility index (Phi) is 3.93. The second-order valence-corrected chi connectivity index (χ2v) is 4.55. The molecule has 3 nitrogen and oxygen atoms in total. The Morgan fingerprint density at radius 2 is 2.00 bits per heavy atom. The van der Waals surface area contributed by atoms with E-state index < -0.39 is 11.4 Å². The predicted molar refractivity (Wildman–Crippen MR) is 62.7 cm³/mol. The SMILES string of the molecule is Cc1ccccc1OCCC(C)(C)C(=O)O. The van der Waals surface area contributed by atoms with E-state index in [2.05, 4.69) is 0 Å². The fourth-order valence-corrected chi connectivity index (χ4v) is 1.24. The van der Waals surface area contributed by atoms with Crippen molar-refractivity contribution in [3.63, 3.8) is 0 Å². The highest BCUT2D eigenvalue weighted by Crippen LogP contribution is 2.22.